The molecule has 0 aliphatic carbocycles. The fourth-order valence-corrected chi connectivity index (χ4v) is 5.54. The van der Waals surface area contributed by atoms with E-state index in [9.17, 15) is 14.3 Å². The molecule has 0 fully saturated rings. The Hall–Kier alpha value is -1.02. The molecule has 0 aromatic rings. The summed E-state index contributed by atoms with van der Waals surface area (Å²) >= 11 is 0. The van der Waals surface area contributed by atoms with Crippen LogP contribution in [0.5, 0.6) is 0 Å². The summed E-state index contributed by atoms with van der Waals surface area (Å²) in [7, 11) is 1.35. The fraction of sp³-hybridized carbons (Fsp3) is 0.865. The molecule has 9 heteroatoms. The van der Waals surface area contributed by atoms with Gasteiger partial charge < -0.3 is 27.9 Å². The largest absolute Gasteiger partial charge is 0.756 e. The zero-order valence-corrected chi connectivity index (χ0v) is 31.4. The van der Waals surface area contributed by atoms with E-state index in [4.69, 9.17) is 18.5 Å². The van der Waals surface area contributed by atoms with Gasteiger partial charge in [0.25, 0.3) is 7.82 Å². The molecule has 2 unspecified atom stereocenters. The van der Waals surface area contributed by atoms with E-state index in [0.717, 1.165) is 51.4 Å². The van der Waals surface area contributed by atoms with E-state index in [1.54, 1.807) is 0 Å². The minimum Gasteiger partial charge on any atom is -0.756 e. The first-order valence-electron chi connectivity index (χ1n) is 18.6. The van der Waals surface area contributed by atoms with Gasteiger partial charge in [0.2, 0.25) is 0 Å². The number of likely N-dealkylation sites (N-methyl/N-ethyl adjacent to an activating group) is 1. The molecule has 0 aliphatic rings. The summed E-state index contributed by atoms with van der Waals surface area (Å²) in [5, 5.41) is 0. The topological polar surface area (TPSA) is 94.1 Å². The molecular weight excluding hydrogens is 601 g/mol. The van der Waals surface area contributed by atoms with Crippen molar-refractivity contribution < 1.29 is 37.3 Å². The zero-order valence-electron chi connectivity index (χ0n) is 30.5. The van der Waals surface area contributed by atoms with Gasteiger partial charge in [-0.25, -0.2) is 0 Å². The second kappa shape index (κ2) is 31.3. The normalized spacial score (nSPS) is 14.3. The molecule has 0 N–H and O–H groups in total. The van der Waals surface area contributed by atoms with Crippen molar-refractivity contribution in [1.29, 1.82) is 0 Å². The standard InChI is InChI=1S/C37H72NO7P/c1-6-8-10-12-14-16-17-18-19-20-21-22-23-25-27-29-32-42-34-36(35-44-46(40,41)43-33-31-38(3,4)5)45-37(39)30-28-26-24-15-13-11-9-7-2/h14,16,18-19,36H,6-13,15,17,20-35H2,1-5H3/b16-14-,19-18-. The highest BCUT2D eigenvalue weighted by Gasteiger charge is 2.20. The third-order valence-electron chi connectivity index (χ3n) is 7.76. The molecule has 2 atom stereocenters. The number of nitrogens with zero attached hydrogens (tertiary/aromatic N) is 1. The number of allylic oxidation sites excluding steroid dienone is 4. The first-order valence-corrected chi connectivity index (χ1v) is 20.0. The van der Waals surface area contributed by atoms with E-state index >= 15 is 0 Å². The summed E-state index contributed by atoms with van der Waals surface area (Å²) in [6.45, 7) is 5.32. The van der Waals surface area contributed by atoms with Crippen molar-refractivity contribution in [2.24, 2.45) is 0 Å². The molecule has 0 aliphatic heterocycles. The lowest BCUT2D eigenvalue weighted by Gasteiger charge is -2.28. The molecule has 0 aromatic carbocycles. The molecule has 272 valence electrons. The lowest BCUT2D eigenvalue weighted by atomic mass is 10.1. The lowest BCUT2D eigenvalue weighted by molar-refractivity contribution is -0.870. The molecule has 0 rings (SSSR count). The molecule has 0 bridgehead atoms. The highest BCUT2D eigenvalue weighted by molar-refractivity contribution is 7.45. The van der Waals surface area contributed by atoms with Gasteiger partial charge in [-0.1, -0.05) is 122 Å². The van der Waals surface area contributed by atoms with Gasteiger partial charge >= 0.3 is 5.97 Å². The Kier molecular flexibility index (Phi) is 30.6. The van der Waals surface area contributed by atoms with Crippen molar-refractivity contribution in [2.75, 3.05) is 54.1 Å². The van der Waals surface area contributed by atoms with Gasteiger partial charge in [0, 0.05) is 13.0 Å². The summed E-state index contributed by atoms with van der Waals surface area (Å²) < 4.78 is 34.3. The number of esters is 1. The first kappa shape index (κ1) is 45.0. The smallest absolute Gasteiger partial charge is 0.306 e. The highest BCUT2D eigenvalue weighted by atomic mass is 31.2. The third kappa shape index (κ3) is 34.3. The van der Waals surface area contributed by atoms with Crippen LogP contribution in [0.1, 0.15) is 149 Å². The van der Waals surface area contributed by atoms with Crippen LogP contribution in [-0.4, -0.2) is 70.7 Å². The Morgan fingerprint density at radius 3 is 1.80 bits per heavy atom. The minimum absolute atomic E-state index is 0.0250. The van der Waals surface area contributed by atoms with Crippen LogP contribution in [0.2, 0.25) is 0 Å². The number of quaternary nitrogens is 1. The number of hydrogen-bond acceptors (Lipinski definition) is 7. The average Bonchev–Trinajstić information content (AvgIpc) is 2.99. The molecular formula is C37H72NO7P. The van der Waals surface area contributed by atoms with Gasteiger partial charge in [-0.05, 0) is 44.9 Å². The van der Waals surface area contributed by atoms with Crippen molar-refractivity contribution >= 4 is 13.8 Å². The second-order valence-corrected chi connectivity index (χ2v) is 15.0. The highest BCUT2D eigenvalue weighted by Crippen LogP contribution is 2.38. The van der Waals surface area contributed by atoms with E-state index in [0.29, 0.717) is 24.1 Å². The minimum atomic E-state index is -4.51. The molecule has 0 saturated heterocycles. The maximum atomic E-state index is 12.5. The van der Waals surface area contributed by atoms with E-state index < -0.39 is 13.9 Å². The number of carbonyl (C=O) groups excluding carboxylic acids is 1. The number of hydrogen-bond donors (Lipinski definition) is 0. The van der Waals surface area contributed by atoms with E-state index in [-0.39, 0.29) is 25.8 Å². The predicted molar refractivity (Wildman–Crippen MR) is 190 cm³/mol. The van der Waals surface area contributed by atoms with Gasteiger partial charge in [-0.15, -0.1) is 0 Å². The SMILES string of the molecule is CCCCC/C=C\C/C=C\CCCCCCCCOCC(COP(=O)([O-])OCC[N+](C)(C)C)OC(=O)CCCCCCCCCC. The van der Waals surface area contributed by atoms with Gasteiger partial charge in [-0.2, -0.15) is 0 Å². The van der Waals surface area contributed by atoms with Gasteiger partial charge in [0.05, 0.1) is 34.4 Å². The van der Waals surface area contributed by atoms with E-state index in [1.165, 1.54) is 77.0 Å². The predicted octanol–water partition coefficient (Wildman–Crippen LogP) is 9.47. The summed E-state index contributed by atoms with van der Waals surface area (Å²) in [6, 6.07) is 0. The van der Waals surface area contributed by atoms with Crippen LogP contribution >= 0.6 is 7.82 Å². The van der Waals surface area contributed by atoms with Crippen LogP contribution in [-0.2, 0) is 27.9 Å². The fourth-order valence-electron chi connectivity index (χ4n) is 4.81. The Morgan fingerprint density at radius 2 is 1.20 bits per heavy atom. The monoisotopic (exact) mass is 674 g/mol. The average molecular weight is 674 g/mol. The number of unbranched alkanes of at least 4 members (excludes halogenated alkanes) is 16. The maximum absolute atomic E-state index is 12.5. The third-order valence-corrected chi connectivity index (χ3v) is 8.72. The van der Waals surface area contributed by atoms with Crippen molar-refractivity contribution in [1.82, 2.24) is 0 Å². The molecule has 0 aromatic heterocycles. The van der Waals surface area contributed by atoms with Crippen LogP contribution in [0.3, 0.4) is 0 Å². The van der Waals surface area contributed by atoms with Crippen LogP contribution in [0.4, 0.5) is 0 Å². The summed E-state index contributed by atoms with van der Waals surface area (Å²) in [6.07, 6.45) is 31.9. The Labute approximate surface area is 283 Å². The molecule has 0 spiro atoms. The number of rotatable bonds is 34. The maximum Gasteiger partial charge on any atom is 0.306 e. The molecule has 0 heterocycles. The van der Waals surface area contributed by atoms with Gasteiger partial charge in [0.1, 0.15) is 19.3 Å². The second-order valence-electron chi connectivity index (χ2n) is 13.6. The number of carbonyl (C=O) groups is 1. The van der Waals surface area contributed by atoms with Crippen LogP contribution in [0, 0.1) is 0 Å². The molecule has 0 amide bonds. The Bertz CT molecular complexity index is 797. The summed E-state index contributed by atoms with van der Waals surface area (Å²) in [5.74, 6) is -0.344. The summed E-state index contributed by atoms with van der Waals surface area (Å²) in [5.41, 5.74) is 0. The molecule has 0 saturated carbocycles. The van der Waals surface area contributed by atoms with Crippen LogP contribution in [0.25, 0.3) is 0 Å². The number of phosphoric acid groups is 1. The van der Waals surface area contributed by atoms with Crippen molar-refractivity contribution in [2.45, 2.75) is 155 Å². The first-order chi connectivity index (χ1) is 22.1. The molecule has 46 heavy (non-hydrogen) atoms. The van der Waals surface area contributed by atoms with Crippen molar-refractivity contribution in [3.8, 4) is 0 Å². The van der Waals surface area contributed by atoms with E-state index in [2.05, 4.69) is 38.2 Å². The Balaban J connectivity index is 4.26. The Morgan fingerprint density at radius 1 is 0.674 bits per heavy atom. The van der Waals surface area contributed by atoms with E-state index in [1.807, 2.05) is 21.1 Å². The summed E-state index contributed by atoms with van der Waals surface area (Å²) in [4.78, 5) is 24.8. The van der Waals surface area contributed by atoms with Gasteiger partial charge in [0.15, 0.2) is 0 Å². The molecule has 8 nitrogen and oxygen atoms in total. The van der Waals surface area contributed by atoms with Gasteiger partial charge in [-0.3, -0.25) is 9.36 Å². The zero-order chi connectivity index (χ0) is 34.2. The van der Waals surface area contributed by atoms with Crippen molar-refractivity contribution in [3.05, 3.63) is 24.3 Å². The lowest BCUT2D eigenvalue weighted by Crippen LogP contribution is -2.37. The van der Waals surface area contributed by atoms with Crippen LogP contribution in [0.15, 0.2) is 24.3 Å². The quantitative estimate of drug-likeness (QED) is 0.0221. The van der Waals surface area contributed by atoms with Crippen molar-refractivity contribution in [3.63, 3.8) is 0 Å². The number of ether oxygens (including phenoxy) is 2. The number of phosphoric ester groups is 1. The molecule has 0 radical (unpaired) electrons. The van der Waals surface area contributed by atoms with Crippen LogP contribution < -0.4 is 4.89 Å².